The number of esters is 1. The number of allylic oxidation sites excluding steroid dienone is 6. The zero-order chi connectivity index (χ0) is 40.7. The lowest BCUT2D eigenvalue weighted by atomic mass is 9.99. The summed E-state index contributed by atoms with van der Waals surface area (Å²) in [6, 6.07) is 0. The van der Waals surface area contributed by atoms with E-state index in [0.29, 0.717) is 13.0 Å². The molecule has 1 rings (SSSR count). The van der Waals surface area contributed by atoms with Gasteiger partial charge in [0.1, 0.15) is 30.5 Å². The number of hydrogen-bond donors (Lipinski definition) is 4. The first kappa shape index (κ1) is 52.4. The van der Waals surface area contributed by atoms with Crippen LogP contribution < -0.4 is 0 Å². The predicted molar refractivity (Wildman–Crippen MR) is 228 cm³/mol. The highest BCUT2D eigenvalue weighted by Crippen LogP contribution is 2.22. The van der Waals surface area contributed by atoms with Gasteiger partial charge < -0.3 is 39.4 Å². The molecule has 1 aliphatic rings. The number of hydrogen-bond acceptors (Lipinski definition) is 9. The van der Waals surface area contributed by atoms with Crippen LogP contribution in [0.15, 0.2) is 36.5 Å². The third-order valence-electron chi connectivity index (χ3n) is 10.6. The molecule has 0 radical (unpaired) electrons. The average Bonchev–Trinajstić information content (AvgIpc) is 3.20. The monoisotopic (exact) mass is 795 g/mol. The van der Waals surface area contributed by atoms with Gasteiger partial charge in [0, 0.05) is 13.0 Å². The van der Waals surface area contributed by atoms with Crippen molar-refractivity contribution in [3.05, 3.63) is 36.5 Å². The molecule has 0 aromatic carbocycles. The third-order valence-corrected chi connectivity index (χ3v) is 10.6. The summed E-state index contributed by atoms with van der Waals surface area (Å²) in [5, 5.41) is 40.1. The SMILES string of the molecule is CCCCCCC/C=C\C/C=C\C/C=C\CCCCCCCCCOCC(COC1OC(CO)C(O)C(O)C1O)OC(=O)CCCCCCCCCCCCC. The van der Waals surface area contributed by atoms with Crippen molar-refractivity contribution >= 4 is 5.97 Å². The maximum absolute atomic E-state index is 12.7. The lowest BCUT2D eigenvalue weighted by molar-refractivity contribution is -0.305. The van der Waals surface area contributed by atoms with Gasteiger partial charge in [-0.1, -0.05) is 172 Å². The normalized spacial score (nSPS) is 20.9. The minimum absolute atomic E-state index is 0.116. The molecular formula is C47H86O9. The summed E-state index contributed by atoms with van der Waals surface area (Å²) in [6.07, 6.45) is 38.9. The van der Waals surface area contributed by atoms with Crippen molar-refractivity contribution in [3.8, 4) is 0 Å². The molecule has 9 heteroatoms. The first-order chi connectivity index (χ1) is 27.4. The highest BCUT2D eigenvalue weighted by atomic mass is 16.7. The number of carbonyl (C=O) groups excluding carboxylic acids is 1. The molecule has 9 nitrogen and oxygen atoms in total. The second kappa shape index (κ2) is 38.9. The van der Waals surface area contributed by atoms with Gasteiger partial charge in [-0.3, -0.25) is 4.79 Å². The van der Waals surface area contributed by atoms with Crippen LogP contribution in [0.4, 0.5) is 0 Å². The molecule has 0 aliphatic carbocycles. The first-order valence-electron chi connectivity index (χ1n) is 23.1. The van der Waals surface area contributed by atoms with Gasteiger partial charge in [-0.15, -0.1) is 0 Å². The number of unbranched alkanes of at least 4 members (excludes halogenated alkanes) is 22. The van der Waals surface area contributed by atoms with E-state index in [1.165, 1.54) is 116 Å². The molecule has 6 unspecified atom stereocenters. The van der Waals surface area contributed by atoms with Crippen LogP contribution in [0.3, 0.4) is 0 Å². The Balaban J connectivity index is 2.22. The van der Waals surface area contributed by atoms with Crippen LogP contribution in [-0.4, -0.2) is 89.6 Å². The standard InChI is InChI=1S/C47H86O9/c1-3-5-7-9-11-13-15-16-17-18-19-20-21-22-23-24-25-27-29-31-33-35-37-53-39-41(40-54-47-46(52)45(51)44(50)42(38-48)56-47)55-43(49)36-34-32-30-28-26-14-12-10-8-6-4-2/h15-16,18-19,21-22,41-42,44-48,50-52H,3-14,17,20,23-40H2,1-2H3/b16-15-,19-18-,22-21-. The maximum Gasteiger partial charge on any atom is 0.306 e. The molecule has 1 fully saturated rings. The van der Waals surface area contributed by atoms with Crippen LogP contribution in [-0.2, 0) is 23.7 Å². The van der Waals surface area contributed by atoms with E-state index in [1.807, 2.05) is 0 Å². The molecule has 0 amide bonds. The minimum atomic E-state index is -1.54. The van der Waals surface area contributed by atoms with E-state index in [1.54, 1.807) is 0 Å². The Hall–Kier alpha value is -1.59. The van der Waals surface area contributed by atoms with Gasteiger partial charge in [0.2, 0.25) is 0 Å². The van der Waals surface area contributed by atoms with Crippen molar-refractivity contribution in [2.45, 2.75) is 230 Å². The Morgan fingerprint density at radius 1 is 0.571 bits per heavy atom. The molecule has 1 heterocycles. The van der Waals surface area contributed by atoms with E-state index >= 15 is 0 Å². The lowest BCUT2D eigenvalue weighted by Gasteiger charge is -2.39. The van der Waals surface area contributed by atoms with Crippen LogP contribution in [0.1, 0.15) is 194 Å². The zero-order valence-electron chi connectivity index (χ0n) is 35.9. The van der Waals surface area contributed by atoms with Crippen molar-refractivity contribution in [2.75, 3.05) is 26.4 Å². The molecule has 0 bridgehead atoms. The highest BCUT2D eigenvalue weighted by Gasteiger charge is 2.44. The fourth-order valence-corrected chi connectivity index (χ4v) is 6.91. The van der Waals surface area contributed by atoms with Gasteiger partial charge >= 0.3 is 5.97 Å². The molecule has 0 aromatic rings. The molecule has 0 saturated carbocycles. The molecular weight excluding hydrogens is 709 g/mol. The number of carbonyl (C=O) groups is 1. The molecule has 56 heavy (non-hydrogen) atoms. The quantitative estimate of drug-likeness (QED) is 0.0272. The summed E-state index contributed by atoms with van der Waals surface area (Å²) in [7, 11) is 0. The van der Waals surface area contributed by atoms with Gasteiger partial charge in [0.15, 0.2) is 6.29 Å². The van der Waals surface area contributed by atoms with Gasteiger partial charge in [-0.2, -0.15) is 0 Å². The predicted octanol–water partition coefficient (Wildman–Crippen LogP) is 10.4. The summed E-state index contributed by atoms with van der Waals surface area (Å²) >= 11 is 0. The van der Waals surface area contributed by atoms with Crippen LogP contribution in [0.2, 0.25) is 0 Å². The summed E-state index contributed by atoms with van der Waals surface area (Å²) in [5.74, 6) is -0.318. The summed E-state index contributed by atoms with van der Waals surface area (Å²) < 4.78 is 22.8. The zero-order valence-corrected chi connectivity index (χ0v) is 35.9. The smallest absolute Gasteiger partial charge is 0.306 e. The summed E-state index contributed by atoms with van der Waals surface area (Å²) in [5.41, 5.74) is 0. The van der Waals surface area contributed by atoms with Gasteiger partial charge in [-0.05, 0) is 51.4 Å². The maximum atomic E-state index is 12.7. The number of aliphatic hydroxyl groups is 4. The number of ether oxygens (including phenoxy) is 4. The van der Waals surface area contributed by atoms with Crippen LogP contribution in [0.5, 0.6) is 0 Å². The van der Waals surface area contributed by atoms with Gasteiger partial charge in [0.05, 0.1) is 19.8 Å². The second-order valence-electron chi connectivity index (χ2n) is 15.9. The molecule has 6 atom stereocenters. The molecule has 328 valence electrons. The first-order valence-corrected chi connectivity index (χ1v) is 23.1. The van der Waals surface area contributed by atoms with E-state index in [4.69, 9.17) is 18.9 Å². The van der Waals surface area contributed by atoms with E-state index < -0.39 is 43.4 Å². The van der Waals surface area contributed by atoms with Gasteiger partial charge in [0.25, 0.3) is 0 Å². The van der Waals surface area contributed by atoms with Crippen molar-refractivity contribution in [2.24, 2.45) is 0 Å². The van der Waals surface area contributed by atoms with E-state index in [2.05, 4.69) is 50.3 Å². The third kappa shape index (κ3) is 29.6. The van der Waals surface area contributed by atoms with Gasteiger partial charge in [-0.25, -0.2) is 0 Å². The van der Waals surface area contributed by atoms with E-state index in [-0.39, 0.29) is 19.2 Å². The lowest BCUT2D eigenvalue weighted by Crippen LogP contribution is -2.59. The van der Waals surface area contributed by atoms with Crippen molar-refractivity contribution < 1.29 is 44.2 Å². The molecule has 1 saturated heterocycles. The summed E-state index contributed by atoms with van der Waals surface area (Å²) in [6.45, 7) is 4.52. The molecule has 0 aromatic heterocycles. The minimum Gasteiger partial charge on any atom is -0.457 e. The Labute approximate surface area is 342 Å². The number of rotatable bonds is 39. The Bertz CT molecular complexity index is 952. The van der Waals surface area contributed by atoms with Crippen molar-refractivity contribution in [3.63, 3.8) is 0 Å². The Morgan fingerprint density at radius 2 is 1.04 bits per heavy atom. The van der Waals surface area contributed by atoms with Crippen molar-refractivity contribution in [1.29, 1.82) is 0 Å². The fraction of sp³-hybridized carbons (Fsp3) is 0.851. The Morgan fingerprint density at radius 3 is 1.55 bits per heavy atom. The van der Waals surface area contributed by atoms with E-state index in [9.17, 15) is 25.2 Å². The number of aliphatic hydroxyl groups excluding tert-OH is 4. The molecule has 0 spiro atoms. The topological polar surface area (TPSA) is 135 Å². The summed E-state index contributed by atoms with van der Waals surface area (Å²) in [4.78, 5) is 12.7. The average molecular weight is 795 g/mol. The van der Waals surface area contributed by atoms with Crippen LogP contribution in [0.25, 0.3) is 0 Å². The fourth-order valence-electron chi connectivity index (χ4n) is 6.91. The highest BCUT2D eigenvalue weighted by molar-refractivity contribution is 5.69. The Kier molecular flexibility index (Phi) is 36.4. The van der Waals surface area contributed by atoms with E-state index in [0.717, 1.165) is 57.8 Å². The molecule has 4 N–H and O–H groups in total. The second-order valence-corrected chi connectivity index (χ2v) is 15.9. The van der Waals surface area contributed by atoms with Crippen LogP contribution in [0, 0.1) is 0 Å². The largest absolute Gasteiger partial charge is 0.457 e. The van der Waals surface area contributed by atoms with Crippen molar-refractivity contribution in [1.82, 2.24) is 0 Å². The molecule has 1 aliphatic heterocycles. The van der Waals surface area contributed by atoms with Crippen LogP contribution >= 0.6 is 0 Å².